The molecule has 2 aromatic rings. The quantitative estimate of drug-likeness (QED) is 0.798. The van der Waals surface area contributed by atoms with Gasteiger partial charge in [-0.25, -0.2) is 0 Å². The van der Waals surface area contributed by atoms with E-state index in [1.54, 1.807) is 0 Å². The van der Waals surface area contributed by atoms with E-state index in [1.165, 1.54) is 67.8 Å². The Morgan fingerprint density at radius 2 is 1.76 bits per heavy atom. The number of benzene rings is 1. The second-order valence-corrected chi connectivity index (χ2v) is 6.88. The zero-order valence-electron chi connectivity index (χ0n) is 12.9. The van der Waals surface area contributed by atoms with Crippen molar-refractivity contribution in [2.45, 2.75) is 70.0 Å². The molecule has 0 saturated heterocycles. The van der Waals surface area contributed by atoms with Gasteiger partial charge in [0, 0.05) is 24.8 Å². The molecular weight excluding hydrogens is 256 g/mol. The summed E-state index contributed by atoms with van der Waals surface area (Å²) in [6.45, 7) is 1.03. The molecule has 1 aromatic carbocycles. The minimum atomic E-state index is 0.715. The molecule has 21 heavy (non-hydrogen) atoms. The van der Waals surface area contributed by atoms with Gasteiger partial charge in [0.25, 0.3) is 0 Å². The molecule has 2 saturated carbocycles. The van der Waals surface area contributed by atoms with E-state index in [2.05, 4.69) is 40.3 Å². The van der Waals surface area contributed by atoms with Crippen LogP contribution in [0.5, 0.6) is 0 Å². The van der Waals surface area contributed by atoms with Crippen molar-refractivity contribution in [2.24, 2.45) is 0 Å². The molecule has 2 heteroatoms. The van der Waals surface area contributed by atoms with Gasteiger partial charge in [-0.2, -0.15) is 0 Å². The van der Waals surface area contributed by atoms with Crippen molar-refractivity contribution < 1.29 is 0 Å². The summed E-state index contributed by atoms with van der Waals surface area (Å²) in [5.41, 5.74) is 2.96. The first kappa shape index (κ1) is 13.4. The molecule has 2 nitrogen and oxygen atoms in total. The molecule has 0 bridgehead atoms. The van der Waals surface area contributed by atoms with Crippen molar-refractivity contribution in [3.8, 4) is 0 Å². The maximum Gasteiger partial charge on any atom is 0.0528 e. The molecule has 2 aliphatic carbocycles. The molecule has 0 spiro atoms. The molecule has 0 unspecified atom stereocenters. The van der Waals surface area contributed by atoms with Gasteiger partial charge in [0.2, 0.25) is 0 Å². The Hall–Kier alpha value is -1.28. The van der Waals surface area contributed by atoms with E-state index in [9.17, 15) is 0 Å². The third-order valence-corrected chi connectivity index (χ3v) is 5.20. The summed E-state index contributed by atoms with van der Waals surface area (Å²) in [5.74, 6) is 0. The molecule has 4 rings (SSSR count). The highest BCUT2D eigenvalue weighted by Gasteiger charge is 2.21. The number of para-hydroxylation sites is 1. The van der Waals surface area contributed by atoms with Gasteiger partial charge in [-0.15, -0.1) is 0 Å². The lowest BCUT2D eigenvalue weighted by molar-refractivity contribution is 0.455. The van der Waals surface area contributed by atoms with Crippen LogP contribution in [0.4, 0.5) is 0 Å². The van der Waals surface area contributed by atoms with Gasteiger partial charge in [-0.1, -0.05) is 43.9 Å². The van der Waals surface area contributed by atoms with Crippen LogP contribution in [-0.4, -0.2) is 10.6 Å². The molecule has 0 atom stereocenters. The smallest absolute Gasteiger partial charge is 0.0528 e. The Balaban J connectivity index is 1.66. The van der Waals surface area contributed by atoms with Crippen LogP contribution >= 0.6 is 0 Å². The van der Waals surface area contributed by atoms with Gasteiger partial charge in [-0.3, -0.25) is 0 Å². The molecule has 112 valence electrons. The average molecular weight is 282 g/mol. The molecule has 0 radical (unpaired) electrons. The summed E-state index contributed by atoms with van der Waals surface area (Å²) in [4.78, 5) is 0. The van der Waals surface area contributed by atoms with Crippen molar-refractivity contribution in [3.05, 3.63) is 36.0 Å². The number of hydrogen-bond acceptors (Lipinski definition) is 1. The molecule has 2 fully saturated rings. The highest BCUT2D eigenvalue weighted by Crippen LogP contribution is 2.32. The van der Waals surface area contributed by atoms with Gasteiger partial charge in [-0.05, 0) is 42.7 Å². The van der Waals surface area contributed by atoms with Crippen LogP contribution in [0.1, 0.15) is 63.0 Å². The lowest BCUT2D eigenvalue weighted by Gasteiger charge is -2.19. The summed E-state index contributed by atoms with van der Waals surface area (Å²) >= 11 is 0. The second kappa shape index (κ2) is 5.84. The fraction of sp³-hybridized carbons (Fsp3) is 0.579. The van der Waals surface area contributed by atoms with E-state index in [-0.39, 0.29) is 0 Å². The van der Waals surface area contributed by atoms with Crippen LogP contribution in [-0.2, 0) is 6.54 Å². The molecule has 2 aliphatic rings. The minimum Gasteiger partial charge on any atom is -0.344 e. The monoisotopic (exact) mass is 282 g/mol. The summed E-state index contributed by atoms with van der Waals surface area (Å²) in [5, 5.41) is 5.10. The Labute approximate surface area is 127 Å². The van der Waals surface area contributed by atoms with Gasteiger partial charge >= 0.3 is 0 Å². The second-order valence-electron chi connectivity index (χ2n) is 6.88. The van der Waals surface area contributed by atoms with Crippen molar-refractivity contribution in [3.63, 3.8) is 0 Å². The molecule has 0 aliphatic heterocycles. The zero-order valence-corrected chi connectivity index (χ0v) is 12.9. The molecule has 1 heterocycles. The van der Waals surface area contributed by atoms with E-state index >= 15 is 0 Å². The fourth-order valence-electron chi connectivity index (χ4n) is 3.82. The SMILES string of the molecule is c1cc(CNC2CC2)c2c(c1)ccn2C1CCCCCC1. The lowest BCUT2D eigenvalue weighted by Crippen LogP contribution is -2.16. The molecular formula is C19H26N2. The van der Waals surface area contributed by atoms with Crippen LogP contribution in [0.2, 0.25) is 0 Å². The van der Waals surface area contributed by atoms with Gasteiger partial charge in [0.1, 0.15) is 0 Å². The van der Waals surface area contributed by atoms with E-state index < -0.39 is 0 Å². The standard InChI is InChI=1S/C19H26N2/c1-2-4-9-18(8-3-1)21-13-12-15-6-5-7-16(19(15)21)14-20-17-10-11-17/h5-7,12-13,17-18,20H,1-4,8-11,14H2. The Kier molecular flexibility index (Phi) is 3.72. The predicted octanol–water partition coefficient (Wildman–Crippen LogP) is 4.79. The van der Waals surface area contributed by atoms with Crippen molar-refractivity contribution in [1.29, 1.82) is 0 Å². The fourth-order valence-corrected chi connectivity index (χ4v) is 3.82. The van der Waals surface area contributed by atoms with Gasteiger partial charge < -0.3 is 9.88 Å². The zero-order chi connectivity index (χ0) is 14.1. The van der Waals surface area contributed by atoms with Crippen molar-refractivity contribution in [2.75, 3.05) is 0 Å². The van der Waals surface area contributed by atoms with Crippen LogP contribution < -0.4 is 5.32 Å². The minimum absolute atomic E-state index is 0.715. The third-order valence-electron chi connectivity index (χ3n) is 5.20. The van der Waals surface area contributed by atoms with Crippen molar-refractivity contribution in [1.82, 2.24) is 9.88 Å². The Morgan fingerprint density at radius 3 is 2.52 bits per heavy atom. The first-order valence-electron chi connectivity index (χ1n) is 8.73. The number of fused-ring (bicyclic) bond motifs is 1. The average Bonchev–Trinajstić information content (AvgIpc) is 3.29. The van der Waals surface area contributed by atoms with Gasteiger partial charge in [0.05, 0.1) is 5.52 Å². The highest BCUT2D eigenvalue weighted by atomic mass is 15.0. The normalized spacial score (nSPS) is 20.8. The van der Waals surface area contributed by atoms with Crippen LogP contribution in [0.3, 0.4) is 0 Å². The van der Waals surface area contributed by atoms with Crippen molar-refractivity contribution >= 4 is 10.9 Å². The topological polar surface area (TPSA) is 17.0 Å². The van der Waals surface area contributed by atoms with Crippen LogP contribution in [0.15, 0.2) is 30.5 Å². The van der Waals surface area contributed by atoms with E-state index in [0.717, 1.165) is 12.6 Å². The Bertz CT molecular complexity index is 601. The predicted molar refractivity (Wildman–Crippen MR) is 88.5 cm³/mol. The third kappa shape index (κ3) is 2.87. The van der Waals surface area contributed by atoms with Crippen LogP contribution in [0, 0.1) is 0 Å². The highest BCUT2D eigenvalue weighted by molar-refractivity contribution is 5.83. The van der Waals surface area contributed by atoms with Gasteiger partial charge in [0.15, 0.2) is 0 Å². The number of aromatic nitrogens is 1. The van der Waals surface area contributed by atoms with E-state index in [1.807, 2.05) is 0 Å². The summed E-state index contributed by atoms with van der Waals surface area (Å²) in [6.07, 6.45) is 13.4. The molecule has 1 N–H and O–H groups in total. The summed E-state index contributed by atoms with van der Waals surface area (Å²) in [6, 6.07) is 10.6. The number of nitrogens with one attached hydrogen (secondary N) is 1. The number of hydrogen-bond donors (Lipinski definition) is 1. The van der Waals surface area contributed by atoms with E-state index in [0.29, 0.717) is 6.04 Å². The summed E-state index contributed by atoms with van der Waals surface area (Å²) < 4.78 is 2.59. The number of nitrogens with zero attached hydrogens (tertiary/aromatic N) is 1. The van der Waals surface area contributed by atoms with E-state index in [4.69, 9.17) is 0 Å². The first-order chi connectivity index (χ1) is 10.4. The number of rotatable bonds is 4. The maximum absolute atomic E-state index is 3.68. The molecule has 1 aromatic heterocycles. The lowest BCUT2D eigenvalue weighted by atomic mass is 10.1. The largest absolute Gasteiger partial charge is 0.344 e. The first-order valence-corrected chi connectivity index (χ1v) is 8.73. The van der Waals surface area contributed by atoms with Crippen LogP contribution in [0.25, 0.3) is 10.9 Å². The summed E-state index contributed by atoms with van der Waals surface area (Å²) in [7, 11) is 0. The molecule has 0 amide bonds. The Morgan fingerprint density at radius 1 is 0.952 bits per heavy atom. The maximum atomic E-state index is 3.68.